The Hall–Kier alpha value is -2.90. The summed E-state index contributed by atoms with van der Waals surface area (Å²) in [4.78, 5) is 50.7. The fourth-order valence-electron chi connectivity index (χ4n) is 4.56. The summed E-state index contributed by atoms with van der Waals surface area (Å²) in [5.41, 5.74) is 0.712. The quantitative estimate of drug-likeness (QED) is 0.687. The highest BCUT2D eigenvalue weighted by Crippen LogP contribution is 2.39. The zero-order valence-electron chi connectivity index (χ0n) is 15.6. The van der Waals surface area contributed by atoms with Gasteiger partial charge in [0.2, 0.25) is 5.91 Å². The van der Waals surface area contributed by atoms with Gasteiger partial charge in [-0.1, -0.05) is 37.1 Å². The average Bonchev–Trinajstić information content (AvgIpc) is 3.25. The molecule has 1 heterocycles. The molecule has 1 aromatic rings. The van der Waals surface area contributed by atoms with Gasteiger partial charge in [-0.2, -0.15) is 0 Å². The lowest BCUT2D eigenvalue weighted by Crippen LogP contribution is -2.49. The number of hydrogen-bond acceptors (Lipinski definition) is 4. The molecule has 148 valence electrons. The number of fused-ring (bicyclic) bond motifs is 2. The maximum absolute atomic E-state index is 13.1. The highest BCUT2D eigenvalue weighted by molar-refractivity contribution is 6.10. The lowest BCUT2D eigenvalue weighted by atomic mass is 9.76. The van der Waals surface area contributed by atoms with E-state index in [1.165, 1.54) is 0 Å². The van der Waals surface area contributed by atoms with Crippen molar-refractivity contribution < 1.29 is 19.2 Å². The molecule has 0 aromatic heterocycles. The van der Waals surface area contributed by atoms with Gasteiger partial charge in [-0.05, 0) is 43.2 Å². The first-order chi connectivity index (χ1) is 13.5. The van der Waals surface area contributed by atoms with Crippen LogP contribution in [0.3, 0.4) is 0 Å². The van der Waals surface area contributed by atoms with E-state index in [1.807, 2.05) is 24.3 Å². The molecule has 4 rings (SSSR count). The van der Waals surface area contributed by atoms with Crippen molar-refractivity contribution in [3.8, 4) is 0 Å². The molecule has 2 fully saturated rings. The van der Waals surface area contributed by atoms with E-state index in [-0.39, 0.29) is 6.04 Å². The molecule has 1 aliphatic heterocycles. The van der Waals surface area contributed by atoms with Gasteiger partial charge in [-0.25, -0.2) is 9.59 Å². The van der Waals surface area contributed by atoms with E-state index in [9.17, 15) is 19.2 Å². The summed E-state index contributed by atoms with van der Waals surface area (Å²) >= 11 is 0. The van der Waals surface area contributed by atoms with Crippen molar-refractivity contribution in [1.29, 1.82) is 0 Å². The van der Waals surface area contributed by atoms with Crippen LogP contribution in [0, 0.1) is 0 Å². The van der Waals surface area contributed by atoms with Gasteiger partial charge in [0.1, 0.15) is 12.1 Å². The van der Waals surface area contributed by atoms with Crippen molar-refractivity contribution >= 4 is 23.9 Å². The molecule has 0 unspecified atom stereocenters. The Labute approximate surface area is 163 Å². The number of aryl methyl sites for hydroxylation is 1. The van der Waals surface area contributed by atoms with Crippen molar-refractivity contribution in [3.63, 3.8) is 0 Å². The van der Waals surface area contributed by atoms with E-state index in [2.05, 4.69) is 16.0 Å². The minimum Gasteiger partial charge on any atom is -0.335 e. The van der Waals surface area contributed by atoms with Crippen LogP contribution in [-0.4, -0.2) is 41.4 Å². The van der Waals surface area contributed by atoms with Crippen molar-refractivity contribution in [2.24, 2.45) is 0 Å². The number of hydrogen-bond donors (Lipinski definition) is 3. The molecule has 3 N–H and O–H groups in total. The zero-order valence-corrected chi connectivity index (χ0v) is 15.6. The standard InChI is InChI=1S/C20H24N4O4/c25-16(22-18(27)21-14-8-2-3-9-14)12-24-17(26)20(23-19(24)28)11-5-7-13-6-1-4-10-15(13)20/h1,4,6,10,14H,2-3,5,7-9,11-12H2,(H,23,28)(H2,21,22,25,27)/t20-/m1/s1. The first kappa shape index (κ1) is 18.5. The molecule has 0 radical (unpaired) electrons. The van der Waals surface area contributed by atoms with Crippen LogP contribution >= 0.6 is 0 Å². The van der Waals surface area contributed by atoms with E-state index >= 15 is 0 Å². The van der Waals surface area contributed by atoms with Gasteiger partial charge in [0.05, 0.1) is 0 Å². The summed E-state index contributed by atoms with van der Waals surface area (Å²) in [5, 5.41) is 7.77. The highest BCUT2D eigenvalue weighted by Gasteiger charge is 2.54. The molecule has 0 bridgehead atoms. The summed E-state index contributed by atoms with van der Waals surface area (Å²) in [6.07, 6.45) is 6.04. The number of carbonyl (C=O) groups excluding carboxylic acids is 4. The minimum atomic E-state index is -1.11. The summed E-state index contributed by atoms with van der Waals surface area (Å²) in [6.45, 7) is -0.479. The van der Waals surface area contributed by atoms with E-state index in [0.717, 1.165) is 54.6 Å². The number of urea groups is 2. The molecule has 6 amide bonds. The number of amides is 6. The topological polar surface area (TPSA) is 108 Å². The van der Waals surface area contributed by atoms with Crippen molar-refractivity contribution in [2.45, 2.75) is 56.5 Å². The fourth-order valence-corrected chi connectivity index (χ4v) is 4.56. The van der Waals surface area contributed by atoms with Crippen LogP contribution in [0.4, 0.5) is 9.59 Å². The van der Waals surface area contributed by atoms with Crippen LogP contribution < -0.4 is 16.0 Å². The highest BCUT2D eigenvalue weighted by atomic mass is 16.2. The maximum atomic E-state index is 13.1. The molecule has 8 heteroatoms. The van der Waals surface area contributed by atoms with Crippen LogP contribution in [0.2, 0.25) is 0 Å². The molecule has 1 spiro atoms. The number of nitrogens with one attached hydrogen (secondary N) is 3. The van der Waals surface area contributed by atoms with Crippen molar-refractivity contribution in [3.05, 3.63) is 35.4 Å². The Balaban J connectivity index is 1.43. The second-order valence-corrected chi connectivity index (χ2v) is 7.74. The number of imide groups is 2. The number of nitrogens with zero attached hydrogens (tertiary/aromatic N) is 1. The van der Waals surface area contributed by atoms with Gasteiger partial charge in [0.15, 0.2) is 0 Å². The second kappa shape index (κ2) is 7.26. The summed E-state index contributed by atoms with van der Waals surface area (Å²) in [5.74, 6) is -1.11. The SMILES string of the molecule is O=C(CN1C(=O)N[C@@]2(CCCc3ccccc32)C1=O)NC(=O)NC1CCCC1. The first-order valence-corrected chi connectivity index (χ1v) is 9.82. The number of carbonyl (C=O) groups is 4. The van der Waals surface area contributed by atoms with Gasteiger partial charge in [0, 0.05) is 6.04 Å². The van der Waals surface area contributed by atoms with Crippen LogP contribution in [0.15, 0.2) is 24.3 Å². The lowest BCUT2D eigenvalue weighted by Gasteiger charge is -2.33. The molecular formula is C20H24N4O4. The Morgan fingerprint density at radius 1 is 1.14 bits per heavy atom. The van der Waals surface area contributed by atoms with Gasteiger partial charge in [0.25, 0.3) is 5.91 Å². The van der Waals surface area contributed by atoms with Crippen molar-refractivity contribution in [2.75, 3.05) is 6.54 Å². The third kappa shape index (κ3) is 3.23. The summed E-state index contributed by atoms with van der Waals surface area (Å²) in [6, 6.07) is 6.45. The van der Waals surface area contributed by atoms with Crippen LogP contribution in [0.5, 0.6) is 0 Å². The predicted molar refractivity (Wildman–Crippen MR) is 100 cm³/mol. The van der Waals surface area contributed by atoms with Crippen LogP contribution in [-0.2, 0) is 21.5 Å². The predicted octanol–water partition coefficient (Wildman–Crippen LogP) is 1.54. The van der Waals surface area contributed by atoms with E-state index < -0.39 is 36.0 Å². The largest absolute Gasteiger partial charge is 0.335 e. The minimum absolute atomic E-state index is 0.0755. The van der Waals surface area contributed by atoms with Crippen molar-refractivity contribution in [1.82, 2.24) is 20.9 Å². The molecular weight excluding hydrogens is 360 g/mol. The van der Waals surface area contributed by atoms with E-state index in [1.54, 1.807) is 0 Å². The summed E-state index contributed by atoms with van der Waals surface area (Å²) in [7, 11) is 0. The van der Waals surface area contributed by atoms with E-state index in [0.29, 0.717) is 6.42 Å². The Kier molecular flexibility index (Phi) is 4.78. The Morgan fingerprint density at radius 3 is 2.68 bits per heavy atom. The number of rotatable bonds is 3. The molecule has 1 saturated heterocycles. The van der Waals surface area contributed by atoms with Gasteiger partial charge in [-0.15, -0.1) is 0 Å². The lowest BCUT2D eigenvalue weighted by molar-refractivity contribution is -0.135. The third-order valence-electron chi connectivity index (χ3n) is 5.90. The normalized spacial score (nSPS) is 24.2. The van der Waals surface area contributed by atoms with Gasteiger partial charge in [-0.3, -0.25) is 19.8 Å². The molecule has 1 aromatic carbocycles. The number of benzene rings is 1. The monoisotopic (exact) mass is 384 g/mol. The average molecular weight is 384 g/mol. The van der Waals surface area contributed by atoms with Crippen LogP contribution in [0.1, 0.15) is 49.7 Å². The molecule has 8 nitrogen and oxygen atoms in total. The smallest absolute Gasteiger partial charge is 0.325 e. The van der Waals surface area contributed by atoms with Crippen LogP contribution in [0.25, 0.3) is 0 Å². The first-order valence-electron chi connectivity index (χ1n) is 9.82. The molecule has 1 saturated carbocycles. The maximum Gasteiger partial charge on any atom is 0.325 e. The van der Waals surface area contributed by atoms with Gasteiger partial charge >= 0.3 is 12.1 Å². The molecule has 3 aliphatic rings. The molecule has 1 atom stereocenters. The zero-order chi connectivity index (χ0) is 19.7. The Bertz CT molecular complexity index is 833. The molecule has 28 heavy (non-hydrogen) atoms. The second-order valence-electron chi connectivity index (χ2n) is 7.74. The molecule has 2 aliphatic carbocycles. The fraction of sp³-hybridized carbons (Fsp3) is 0.500. The van der Waals surface area contributed by atoms with E-state index in [4.69, 9.17) is 0 Å². The Morgan fingerprint density at radius 2 is 1.89 bits per heavy atom. The van der Waals surface area contributed by atoms with Gasteiger partial charge < -0.3 is 10.6 Å². The third-order valence-corrected chi connectivity index (χ3v) is 5.90. The summed E-state index contributed by atoms with van der Waals surface area (Å²) < 4.78 is 0.